The summed E-state index contributed by atoms with van der Waals surface area (Å²) in [6, 6.07) is 0.0243. The first-order chi connectivity index (χ1) is 8.52. The Hall–Kier alpha value is -1.56. The van der Waals surface area contributed by atoms with Gasteiger partial charge in [-0.05, 0) is 26.2 Å². The van der Waals surface area contributed by atoms with Crippen LogP contribution in [-0.4, -0.2) is 34.1 Å². The normalized spacial score (nSPS) is 12.5. The van der Waals surface area contributed by atoms with Crippen molar-refractivity contribution < 1.29 is 9.90 Å². The van der Waals surface area contributed by atoms with Gasteiger partial charge in [0, 0.05) is 25.4 Å². The highest BCUT2D eigenvalue weighted by Gasteiger charge is 2.07. The molecule has 18 heavy (non-hydrogen) atoms. The maximum Gasteiger partial charge on any atom is 0.319 e. The van der Waals surface area contributed by atoms with Crippen molar-refractivity contribution in [3.8, 4) is 0 Å². The van der Waals surface area contributed by atoms with E-state index in [0.717, 1.165) is 0 Å². The number of nitrogens with zero attached hydrogens (tertiary/aromatic N) is 2. The second-order valence-corrected chi connectivity index (χ2v) is 4.76. The van der Waals surface area contributed by atoms with Crippen molar-refractivity contribution in [3.63, 3.8) is 0 Å². The molecule has 0 radical (unpaired) electrons. The molecule has 1 heterocycles. The predicted octanol–water partition coefficient (Wildman–Crippen LogP) is 1.60. The van der Waals surface area contributed by atoms with Gasteiger partial charge in [-0.2, -0.15) is 5.10 Å². The van der Waals surface area contributed by atoms with Gasteiger partial charge in [0.2, 0.25) is 0 Å². The molecule has 0 fully saturated rings. The summed E-state index contributed by atoms with van der Waals surface area (Å²) in [4.78, 5) is 11.6. The van der Waals surface area contributed by atoms with Crippen molar-refractivity contribution in [2.24, 2.45) is 5.92 Å². The van der Waals surface area contributed by atoms with Crippen LogP contribution < -0.4 is 10.6 Å². The summed E-state index contributed by atoms with van der Waals surface area (Å²) >= 11 is 0. The molecule has 1 aromatic heterocycles. The third-order valence-corrected chi connectivity index (χ3v) is 2.62. The molecule has 0 bridgehead atoms. The van der Waals surface area contributed by atoms with E-state index in [0.29, 0.717) is 18.7 Å². The van der Waals surface area contributed by atoms with Crippen molar-refractivity contribution in [3.05, 3.63) is 12.4 Å². The summed E-state index contributed by atoms with van der Waals surface area (Å²) < 4.78 is 1.78. The Morgan fingerprint density at radius 3 is 2.78 bits per heavy atom. The van der Waals surface area contributed by atoms with Crippen molar-refractivity contribution in [2.45, 2.75) is 33.2 Å². The molecule has 102 valence electrons. The molecule has 0 aliphatic heterocycles. The van der Waals surface area contributed by atoms with Gasteiger partial charge in [-0.25, -0.2) is 4.79 Å². The van der Waals surface area contributed by atoms with E-state index in [2.05, 4.69) is 15.7 Å². The van der Waals surface area contributed by atoms with E-state index >= 15 is 0 Å². The molecule has 6 nitrogen and oxygen atoms in total. The molecule has 1 aromatic rings. The summed E-state index contributed by atoms with van der Waals surface area (Å²) in [6.45, 7) is 6.71. The van der Waals surface area contributed by atoms with Crippen LogP contribution in [0, 0.1) is 5.92 Å². The van der Waals surface area contributed by atoms with Gasteiger partial charge < -0.3 is 15.7 Å². The number of hydrogen-bond acceptors (Lipinski definition) is 3. The highest BCUT2D eigenvalue weighted by atomic mass is 16.3. The van der Waals surface area contributed by atoms with Crippen LogP contribution in [0.15, 0.2) is 12.4 Å². The topological polar surface area (TPSA) is 79.2 Å². The Morgan fingerprint density at radius 1 is 1.50 bits per heavy atom. The van der Waals surface area contributed by atoms with Gasteiger partial charge in [0.05, 0.1) is 11.9 Å². The lowest BCUT2D eigenvalue weighted by atomic mass is 10.1. The summed E-state index contributed by atoms with van der Waals surface area (Å²) in [7, 11) is 0. The average Bonchev–Trinajstić information content (AvgIpc) is 2.75. The van der Waals surface area contributed by atoms with Crippen LogP contribution in [0.5, 0.6) is 0 Å². The number of aliphatic hydroxyl groups excluding tert-OH is 1. The minimum atomic E-state index is -0.247. The summed E-state index contributed by atoms with van der Waals surface area (Å²) in [5.74, 6) is 0.263. The van der Waals surface area contributed by atoms with Gasteiger partial charge in [0.25, 0.3) is 0 Å². The second-order valence-electron chi connectivity index (χ2n) is 4.76. The van der Waals surface area contributed by atoms with Crippen LogP contribution in [-0.2, 0) is 0 Å². The monoisotopic (exact) mass is 254 g/mol. The van der Waals surface area contributed by atoms with E-state index in [1.165, 1.54) is 0 Å². The van der Waals surface area contributed by atoms with Crippen LogP contribution in [0.25, 0.3) is 0 Å². The SMILES string of the molecule is CC(CCO)CNC(=O)Nc1cnn(C(C)C)c1. The van der Waals surface area contributed by atoms with Crippen molar-refractivity contribution in [1.82, 2.24) is 15.1 Å². The lowest BCUT2D eigenvalue weighted by molar-refractivity contribution is 0.243. The Kier molecular flexibility index (Phi) is 5.64. The molecular weight excluding hydrogens is 232 g/mol. The molecule has 1 rings (SSSR count). The van der Waals surface area contributed by atoms with E-state index in [1.807, 2.05) is 20.8 Å². The minimum absolute atomic E-state index is 0.144. The van der Waals surface area contributed by atoms with Crippen LogP contribution in [0.3, 0.4) is 0 Å². The smallest absolute Gasteiger partial charge is 0.319 e. The zero-order valence-electron chi connectivity index (χ0n) is 11.2. The molecule has 0 aromatic carbocycles. The lowest BCUT2D eigenvalue weighted by Gasteiger charge is -2.11. The summed E-state index contributed by atoms with van der Waals surface area (Å²) in [6.07, 6.45) is 4.10. The molecule has 0 saturated carbocycles. The van der Waals surface area contributed by atoms with Crippen LogP contribution >= 0.6 is 0 Å². The second kappa shape index (κ2) is 7.00. The van der Waals surface area contributed by atoms with Crippen LogP contribution in [0.1, 0.15) is 33.2 Å². The zero-order chi connectivity index (χ0) is 13.5. The third-order valence-electron chi connectivity index (χ3n) is 2.62. The van der Waals surface area contributed by atoms with Gasteiger partial charge in [-0.3, -0.25) is 4.68 Å². The van der Waals surface area contributed by atoms with Crippen molar-refractivity contribution >= 4 is 11.7 Å². The van der Waals surface area contributed by atoms with E-state index in [1.54, 1.807) is 17.1 Å². The molecular formula is C12H22N4O2. The van der Waals surface area contributed by atoms with E-state index < -0.39 is 0 Å². The van der Waals surface area contributed by atoms with E-state index in [4.69, 9.17) is 5.11 Å². The van der Waals surface area contributed by atoms with Crippen molar-refractivity contribution in [1.29, 1.82) is 0 Å². The number of aromatic nitrogens is 2. The number of urea groups is 1. The number of anilines is 1. The minimum Gasteiger partial charge on any atom is -0.396 e. The molecule has 6 heteroatoms. The number of aliphatic hydroxyl groups is 1. The Bertz CT molecular complexity index is 376. The first-order valence-electron chi connectivity index (χ1n) is 6.22. The van der Waals surface area contributed by atoms with Gasteiger partial charge in [-0.1, -0.05) is 6.92 Å². The number of nitrogens with one attached hydrogen (secondary N) is 2. The van der Waals surface area contributed by atoms with E-state index in [-0.39, 0.29) is 24.6 Å². The molecule has 1 atom stereocenters. The standard InChI is InChI=1S/C12H22N4O2/c1-9(2)16-8-11(7-14-16)15-12(18)13-6-10(3)4-5-17/h7-10,17H,4-6H2,1-3H3,(H2,13,15,18). The average molecular weight is 254 g/mol. The molecule has 1 unspecified atom stereocenters. The van der Waals surface area contributed by atoms with E-state index in [9.17, 15) is 4.79 Å². The van der Waals surface area contributed by atoms with Gasteiger partial charge in [0.1, 0.15) is 0 Å². The number of amides is 2. The molecule has 0 aliphatic carbocycles. The fourth-order valence-electron chi connectivity index (χ4n) is 1.45. The first-order valence-corrected chi connectivity index (χ1v) is 6.22. The maximum atomic E-state index is 11.6. The highest BCUT2D eigenvalue weighted by Crippen LogP contribution is 2.09. The first kappa shape index (κ1) is 14.5. The number of hydrogen-bond donors (Lipinski definition) is 3. The van der Waals surface area contributed by atoms with Gasteiger partial charge in [0.15, 0.2) is 0 Å². The molecule has 2 amide bonds. The molecule has 3 N–H and O–H groups in total. The summed E-state index contributed by atoms with van der Waals surface area (Å²) in [5, 5.41) is 18.4. The maximum absolute atomic E-state index is 11.6. The van der Waals surface area contributed by atoms with Gasteiger partial charge in [-0.15, -0.1) is 0 Å². The number of rotatable bonds is 6. The predicted molar refractivity (Wildman–Crippen MR) is 70.5 cm³/mol. The van der Waals surface area contributed by atoms with Gasteiger partial charge >= 0.3 is 6.03 Å². The van der Waals surface area contributed by atoms with Crippen molar-refractivity contribution in [2.75, 3.05) is 18.5 Å². The summed E-state index contributed by atoms with van der Waals surface area (Å²) in [5.41, 5.74) is 0.677. The highest BCUT2D eigenvalue weighted by molar-refractivity contribution is 5.88. The molecule has 0 saturated heterocycles. The molecule has 0 aliphatic rings. The fourth-order valence-corrected chi connectivity index (χ4v) is 1.45. The Balaban J connectivity index is 2.35. The third kappa shape index (κ3) is 4.75. The Labute approximate surface area is 107 Å². The van der Waals surface area contributed by atoms with Crippen LogP contribution in [0.2, 0.25) is 0 Å². The Morgan fingerprint density at radius 2 is 2.22 bits per heavy atom. The number of carbonyl (C=O) groups excluding carboxylic acids is 1. The largest absolute Gasteiger partial charge is 0.396 e. The fraction of sp³-hybridized carbons (Fsp3) is 0.667. The lowest BCUT2D eigenvalue weighted by Crippen LogP contribution is -2.32. The number of carbonyl (C=O) groups is 1. The zero-order valence-corrected chi connectivity index (χ0v) is 11.2. The quantitative estimate of drug-likeness (QED) is 0.721. The van der Waals surface area contributed by atoms with Crippen LogP contribution in [0.4, 0.5) is 10.5 Å². The molecule has 0 spiro atoms.